The van der Waals surface area contributed by atoms with E-state index in [0.717, 1.165) is 0 Å². The average Bonchev–Trinajstić information content (AvgIpc) is 2.16. The van der Waals surface area contributed by atoms with Crippen molar-refractivity contribution in [2.45, 2.75) is 0 Å². The zero-order valence-corrected chi connectivity index (χ0v) is 5.72. The Balaban J connectivity index is 3.02. The van der Waals surface area contributed by atoms with Gasteiger partial charge in [0.2, 0.25) is 0 Å². The maximum atomic E-state index is 10.1. The fraction of sp³-hybridized carbons (Fsp3) is 0. The molecule has 1 aliphatic rings. The minimum Gasteiger partial charge on any atom is -0.309 e. The van der Waals surface area contributed by atoms with Crippen molar-refractivity contribution in [2.75, 3.05) is 0 Å². The van der Waals surface area contributed by atoms with E-state index in [-0.39, 0.29) is 17.5 Å². The molecule has 6 nitrogen and oxygen atoms in total. The van der Waals surface area contributed by atoms with E-state index >= 15 is 0 Å². The molecule has 0 aromatic rings. The summed E-state index contributed by atoms with van der Waals surface area (Å²) in [6, 6.07) is 0. The van der Waals surface area contributed by atoms with Crippen LogP contribution in [0.3, 0.4) is 0 Å². The van der Waals surface area contributed by atoms with Crippen LogP contribution in [0.5, 0.6) is 0 Å². The Bertz CT molecular complexity index is 285. The molecule has 6 heteroatoms. The fourth-order valence-electron chi connectivity index (χ4n) is 0.622. The first-order valence-electron chi connectivity index (χ1n) is 2.86. The lowest BCUT2D eigenvalue weighted by Crippen LogP contribution is -2.43. The lowest BCUT2D eigenvalue weighted by atomic mass is 10.5. The highest BCUT2D eigenvalue weighted by molar-refractivity contribution is 5.64. The van der Waals surface area contributed by atoms with Gasteiger partial charge in [-0.25, -0.2) is 14.4 Å². The normalized spacial score (nSPS) is 14.5. The van der Waals surface area contributed by atoms with Crippen LogP contribution in [0.1, 0.15) is 0 Å². The largest absolute Gasteiger partial charge is 0.309 e. The Morgan fingerprint density at radius 1 is 0.667 bits per heavy atom. The first-order chi connectivity index (χ1) is 5.80. The third-order valence-corrected chi connectivity index (χ3v) is 1.06. The molecular weight excluding hydrogens is 162 g/mol. The zero-order chi connectivity index (χ0) is 8.97. The molecule has 0 aromatic heterocycles. The van der Waals surface area contributed by atoms with Gasteiger partial charge in [-0.3, -0.25) is 0 Å². The van der Waals surface area contributed by atoms with Gasteiger partial charge in [-0.1, -0.05) is 0 Å². The van der Waals surface area contributed by atoms with Crippen molar-refractivity contribution in [3.63, 3.8) is 0 Å². The van der Waals surface area contributed by atoms with E-state index in [9.17, 15) is 14.4 Å². The van der Waals surface area contributed by atoms with Crippen LogP contribution in [0.2, 0.25) is 0 Å². The topological polar surface area (TPSA) is 87.3 Å². The number of hydrogen-bond acceptors (Lipinski definition) is 6. The molecule has 12 heavy (non-hydrogen) atoms. The van der Waals surface area contributed by atoms with Crippen LogP contribution in [-0.2, 0) is 14.4 Å². The molecule has 0 aromatic carbocycles. The summed E-state index contributed by atoms with van der Waals surface area (Å²) in [7, 11) is 0. The summed E-state index contributed by atoms with van der Waals surface area (Å²) in [5, 5.41) is 6.84. The van der Waals surface area contributed by atoms with Gasteiger partial charge in [0, 0.05) is 0 Å². The molecule has 0 bridgehead atoms. The molecular formula is C6H3N3O3. The summed E-state index contributed by atoms with van der Waals surface area (Å²) in [6.45, 7) is 0. The van der Waals surface area contributed by atoms with Crippen LogP contribution in [0, 0.1) is 0 Å². The van der Waals surface area contributed by atoms with E-state index in [1.165, 1.54) is 17.8 Å². The van der Waals surface area contributed by atoms with Crippen molar-refractivity contribution in [3.05, 3.63) is 17.5 Å². The second-order valence-corrected chi connectivity index (χ2v) is 1.81. The summed E-state index contributed by atoms with van der Waals surface area (Å²) in [5.41, 5.74) is 0. The highest BCUT2D eigenvalue weighted by Crippen LogP contribution is 1.93. The molecule has 1 heterocycles. The minimum absolute atomic E-state index is 0.134. The number of rotatable bonds is 0. The molecule has 0 amide bonds. The van der Waals surface area contributed by atoms with Crippen molar-refractivity contribution >= 4 is 17.8 Å². The van der Waals surface area contributed by atoms with Crippen molar-refractivity contribution in [1.29, 1.82) is 0 Å². The second-order valence-electron chi connectivity index (χ2n) is 1.81. The number of hydrogen-bond donors (Lipinski definition) is 3. The third-order valence-electron chi connectivity index (χ3n) is 1.06. The summed E-state index contributed by atoms with van der Waals surface area (Å²) in [6.07, 6.45) is 0. The maximum absolute atomic E-state index is 10.1. The summed E-state index contributed by atoms with van der Waals surface area (Å²) in [5.74, 6) is 3.91. The number of nitrogens with one attached hydrogen (secondary N) is 3. The van der Waals surface area contributed by atoms with Gasteiger partial charge in [-0.15, -0.1) is 0 Å². The predicted molar refractivity (Wildman–Crippen MR) is 37.0 cm³/mol. The van der Waals surface area contributed by atoms with E-state index in [1.807, 2.05) is 0 Å². The van der Waals surface area contributed by atoms with Crippen LogP contribution in [0.15, 0.2) is 17.5 Å². The van der Waals surface area contributed by atoms with Crippen LogP contribution >= 0.6 is 0 Å². The highest BCUT2D eigenvalue weighted by atomic mass is 16.1. The molecule has 0 atom stereocenters. The Morgan fingerprint density at radius 3 is 1.08 bits per heavy atom. The lowest BCUT2D eigenvalue weighted by molar-refractivity contribution is 0.544. The van der Waals surface area contributed by atoms with Gasteiger partial charge >= 0.3 is 0 Å². The molecule has 1 saturated heterocycles. The Hall–Kier alpha value is -2.25. The fourth-order valence-corrected chi connectivity index (χ4v) is 0.622. The minimum atomic E-state index is -0.134. The first kappa shape index (κ1) is 7.85. The van der Waals surface area contributed by atoms with Gasteiger partial charge in [0.25, 0.3) is 0 Å². The average molecular weight is 165 g/mol. The quantitative estimate of drug-likeness (QED) is 0.353. The smallest absolute Gasteiger partial charge is 0.198 e. The number of carbonyl (C=O) groups excluding carboxylic acids is 3. The standard InChI is InChI=1S/C6H3N3O3/c10-1-4-7-5(2-11)9-6(3-12)8-4/h7-9H. The van der Waals surface area contributed by atoms with E-state index in [1.54, 1.807) is 0 Å². The van der Waals surface area contributed by atoms with Gasteiger partial charge in [0.1, 0.15) is 0 Å². The van der Waals surface area contributed by atoms with Crippen molar-refractivity contribution in [2.24, 2.45) is 0 Å². The van der Waals surface area contributed by atoms with E-state index in [0.29, 0.717) is 0 Å². The van der Waals surface area contributed by atoms with Gasteiger partial charge in [0.15, 0.2) is 35.3 Å². The van der Waals surface area contributed by atoms with Crippen LogP contribution < -0.4 is 16.0 Å². The lowest BCUT2D eigenvalue weighted by Gasteiger charge is -2.18. The molecule has 1 aliphatic heterocycles. The van der Waals surface area contributed by atoms with E-state index in [2.05, 4.69) is 16.0 Å². The van der Waals surface area contributed by atoms with Gasteiger partial charge < -0.3 is 16.0 Å². The predicted octanol–water partition coefficient (Wildman–Crippen LogP) is -2.21. The molecule has 3 N–H and O–H groups in total. The monoisotopic (exact) mass is 165 g/mol. The van der Waals surface area contributed by atoms with E-state index in [4.69, 9.17) is 0 Å². The molecule has 1 fully saturated rings. The maximum Gasteiger partial charge on any atom is 0.198 e. The third kappa shape index (κ3) is 1.42. The summed E-state index contributed by atoms with van der Waals surface area (Å²) in [4.78, 5) is 30.2. The SMILES string of the molecule is O=C=C1NC(=C=O)NC(=C=O)N1. The molecule has 0 radical (unpaired) electrons. The van der Waals surface area contributed by atoms with Crippen LogP contribution in [-0.4, -0.2) is 17.8 Å². The van der Waals surface area contributed by atoms with Crippen molar-refractivity contribution in [3.8, 4) is 0 Å². The second kappa shape index (κ2) is 3.23. The molecule has 0 unspecified atom stereocenters. The van der Waals surface area contributed by atoms with E-state index < -0.39 is 0 Å². The molecule has 60 valence electrons. The summed E-state index contributed by atoms with van der Waals surface area (Å²) < 4.78 is 0. The van der Waals surface area contributed by atoms with Gasteiger partial charge in [0.05, 0.1) is 0 Å². The highest BCUT2D eigenvalue weighted by Gasteiger charge is 2.13. The summed E-state index contributed by atoms with van der Waals surface area (Å²) >= 11 is 0. The molecule has 0 spiro atoms. The van der Waals surface area contributed by atoms with Gasteiger partial charge in [-0.05, 0) is 0 Å². The Morgan fingerprint density at radius 2 is 0.917 bits per heavy atom. The van der Waals surface area contributed by atoms with Crippen LogP contribution in [0.25, 0.3) is 0 Å². The van der Waals surface area contributed by atoms with Crippen molar-refractivity contribution < 1.29 is 14.4 Å². The molecule has 0 saturated carbocycles. The Labute approximate surface area is 66.6 Å². The van der Waals surface area contributed by atoms with Gasteiger partial charge in [-0.2, -0.15) is 0 Å². The molecule has 0 aliphatic carbocycles. The van der Waals surface area contributed by atoms with Crippen LogP contribution in [0.4, 0.5) is 0 Å². The Kier molecular flexibility index (Phi) is 2.12. The first-order valence-corrected chi connectivity index (χ1v) is 2.86. The van der Waals surface area contributed by atoms with Crippen molar-refractivity contribution in [1.82, 2.24) is 16.0 Å². The zero-order valence-electron chi connectivity index (χ0n) is 5.72. The molecule has 1 rings (SSSR count).